The van der Waals surface area contributed by atoms with Gasteiger partial charge in [0.05, 0.1) is 0 Å². The lowest BCUT2D eigenvalue weighted by Gasteiger charge is -2.62. The third-order valence-corrected chi connectivity index (χ3v) is 5.48. The first-order chi connectivity index (χ1) is 8.01. The minimum absolute atomic E-state index is 0.257. The molecule has 98 valence electrons. The van der Waals surface area contributed by atoms with Crippen LogP contribution >= 0.6 is 0 Å². The van der Waals surface area contributed by atoms with Crippen LogP contribution in [0.4, 0.5) is 0 Å². The first kappa shape index (κ1) is 13.1. The molecular formula is C16H28N-. The predicted molar refractivity (Wildman–Crippen MR) is 75.2 cm³/mol. The fraction of sp³-hybridized carbons (Fsp3) is 0.875. The van der Waals surface area contributed by atoms with Crippen molar-refractivity contribution in [1.82, 2.24) is 0 Å². The number of allylic oxidation sites excluding steroid dienone is 1. The maximum atomic E-state index is 4.90. The fourth-order valence-corrected chi connectivity index (χ4v) is 4.27. The van der Waals surface area contributed by atoms with Crippen LogP contribution in [0.25, 0.3) is 5.32 Å². The van der Waals surface area contributed by atoms with Crippen LogP contribution in [0, 0.1) is 23.7 Å². The zero-order valence-electron chi connectivity index (χ0n) is 12.2. The highest BCUT2D eigenvalue weighted by molar-refractivity contribution is 5.25. The van der Waals surface area contributed by atoms with Gasteiger partial charge in [0.25, 0.3) is 0 Å². The second kappa shape index (κ2) is 4.76. The van der Waals surface area contributed by atoms with Gasteiger partial charge in [0.1, 0.15) is 0 Å². The molecule has 0 saturated heterocycles. The molecule has 1 saturated carbocycles. The molecule has 17 heavy (non-hydrogen) atoms. The van der Waals surface area contributed by atoms with E-state index in [2.05, 4.69) is 40.8 Å². The van der Waals surface area contributed by atoms with E-state index in [4.69, 9.17) is 5.32 Å². The third-order valence-electron chi connectivity index (χ3n) is 5.48. The highest BCUT2D eigenvalue weighted by Gasteiger charge is 2.43. The van der Waals surface area contributed by atoms with Crippen molar-refractivity contribution in [2.24, 2.45) is 23.7 Å². The van der Waals surface area contributed by atoms with E-state index in [1.54, 1.807) is 5.57 Å². The van der Waals surface area contributed by atoms with Gasteiger partial charge in [0.15, 0.2) is 0 Å². The van der Waals surface area contributed by atoms with E-state index in [0.717, 1.165) is 17.8 Å². The Labute approximate surface area is 107 Å². The van der Waals surface area contributed by atoms with E-state index < -0.39 is 0 Å². The molecule has 2 aliphatic rings. The van der Waals surface area contributed by atoms with E-state index in [0.29, 0.717) is 5.92 Å². The molecule has 2 aliphatic carbocycles. The maximum absolute atomic E-state index is 4.90. The molecule has 0 N–H and O–H groups in total. The summed E-state index contributed by atoms with van der Waals surface area (Å²) in [5, 5.41) is 4.90. The molecule has 0 spiro atoms. The molecule has 0 bridgehead atoms. The molecule has 1 nitrogen and oxygen atoms in total. The summed E-state index contributed by atoms with van der Waals surface area (Å²) in [5.74, 6) is 3.09. The zero-order chi connectivity index (χ0) is 12.6. The number of hydrogen-bond donors (Lipinski definition) is 0. The van der Waals surface area contributed by atoms with Crippen molar-refractivity contribution in [3.8, 4) is 0 Å². The lowest BCUT2D eigenvalue weighted by Crippen LogP contribution is -2.51. The summed E-state index contributed by atoms with van der Waals surface area (Å²) in [7, 11) is 2.06. The van der Waals surface area contributed by atoms with Gasteiger partial charge in [-0.05, 0) is 37.5 Å². The van der Waals surface area contributed by atoms with Crippen molar-refractivity contribution in [3.63, 3.8) is 0 Å². The molecule has 1 fully saturated rings. The Kier molecular flexibility index (Phi) is 3.68. The summed E-state index contributed by atoms with van der Waals surface area (Å²) < 4.78 is 0. The van der Waals surface area contributed by atoms with Crippen LogP contribution in [0.1, 0.15) is 53.4 Å². The highest BCUT2D eigenvalue weighted by atomic mass is 15.0. The molecule has 0 unspecified atom stereocenters. The van der Waals surface area contributed by atoms with Gasteiger partial charge in [-0.3, -0.25) is 0 Å². The molecule has 0 amide bonds. The topological polar surface area (TPSA) is 14.1 Å². The molecule has 1 heteroatoms. The van der Waals surface area contributed by atoms with Crippen LogP contribution in [-0.2, 0) is 0 Å². The molecule has 0 aromatic carbocycles. The number of fused-ring (bicyclic) bond motifs is 1. The van der Waals surface area contributed by atoms with Gasteiger partial charge in [0.2, 0.25) is 0 Å². The Bertz CT molecular complexity index is 305. The number of hydrogen-bond acceptors (Lipinski definition) is 0. The third kappa shape index (κ3) is 2.07. The maximum Gasteiger partial charge on any atom is -0.0330 e. The van der Waals surface area contributed by atoms with Crippen LogP contribution < -0.4 is 0 Å². The van der Waals surface area contributed by atoms with E-state index in [9.17, 15) is 0 Å². The standard InChI is InChI=1S/C16H28N/c1-11(2)14-7-6-13(4)16(17-5)9-8-12(3)10-15(14)16/h10-11,13-15H,6-9H2,1-5H3/q-1/t13-,14+,15+,16-/m1/s1. The summed E-state index contributed by atoms with van der Waals surface area (Å²) in [6.07, 6.45) is 7.86. The number of rotatable bonds is 2. The fourth-order valence-electron chi connectivity index (χ4n) is 4.27. The van der Waals surface area contributed by atoms with Gasteiger partial charge in [-0.15, -0.1) is 5.54 Å². The Morgan fingerprint density at radius 2 is 2.06 bits per heavy atom. The van der Waals surface area contributed by atoms with Crippen molar-refractivity contribution in [2.75, 3.05) is 7.05 Å². The van der Waals surface area contributed by atoms with Crippen LogP contribution in [0.15, 0.2) is 11.6 Å². The first-order valence-electron chi connectivity index (χ1n) is 7.29. The zero-order valence-corrected chi connectivity index (χ0v) is 12.2. The quantitative estimate of drug-likeness (QED) is 0.610. The molecular weight excluding hydrogens is 206 g/mol. The second-order valence-corrected chi connectivity index (χ2v) is 6.64. The lowest BCUT2D eigenvalue weighted by atomic mass is 9.56. The lowest BCUT2D eigenvalue weighted by molar-refractivity contribution is 0.0798. The Morgan fingerprint density at radius 3 is 2.65 bits per heavy atom. The summed E-state index contributed by atoms with van der Waals surface area (Å²) in [6, 6.07) is 0. The molecule has 0 aliphatic heterocycles. The summed E-state index contributed by atoms with van der Waals surface area (Å²) in [4.78, 5) is 0. The molecule has 4 atom stereocenters. The average Bonchev–Trinajstić information content (AvgIpc) is 2.29. The van der Waals surface area contributed by atoms with Gasteiger partial charge in [-0.1, -0.05) is 51.2 Å². The summed E-state index contributed by atoms with van der Waals surface area (Å²) in [6.45, 7) is 9.50. The van der Waals surface area contributed by atoms with E-state index in [1.807, 2.05) is 0 Å². The highest BCUT2D eigenvalue weighted by Crippen LogP contribution is 2.53. The average molecular weight is 234 g/mol. The minimum atomic E-state index is 0.257. The Hall–Kier alpha value is -0.300. The van der Waals surface area contributed by atoms with Gasteiger partial charge in [0, 0.05) is 0 Å². The minimum Gasteiger partial charge on any atom is -0.659 e. The van der Waals surface area contributed by atoms with Crippen molar-refractivity contribution in [3.05, 3.63) is 17.0 Å². The van der Waals surface area contributed by atoms with E-state index in [1.165, 1.54) is 25.7 Å². The Morgan fingerprint density at radius 1 is 1.35 bits per heavy atom. The molecule has 0 radical (unpaired) electrons. The van der Waals surface area contributed by atoms with Crippen molar-refractivity contribution < 1.29 is 0 Å². The van der Waals surface area contributed by atoms with E-state index in [-0.39, 0.29) is 5.54 Å². The number of nitrogens with zero attached hydrogens (tertiary/aromatic N) is 1. The van der Waals surface area contributed by atoms with Gasteiger partial charge >= 0.3 is 0 Å². The smallest absolute Gasteiger partial charge is 0.0330 e. The van der Waals surface area contributed by atoms with Crippen LogP contribution in [0.5, 0.6) is 0 Å². The molecule has 0 aromatic rings. The SMILES string of the molecule is C[N-][C@@]12CCC(C)=C[C@H]1[C@H](C(C)C)CC[C@H]2C. The second-order valence-electron chi connectivity index (χ2n) is 6.64. The molecule has 2 rings (SSSR count). The van der Waals surface area contributed by atoms with Gasteiger partial charge < -0.3 is 5.32 Å². The summed E-state index contributed by atoms with van der Waals surface area (Å²) >= 11 is 0. The predicted octanol–water partition coefficient (Wildman–Crippen LogP) is 4.79. The van der Waals surface area contributed by atoms with Crippen molar-refractivity contribution in [1.29, 1.82) is 0 Å². The van der Waals surface area contributed by atoms with Crippen LogP contribution in [0.3, 0.4) is 0 Å². The van der Waals surface area contributed by atoms with E-state index >= 15 is 0 Å². The van der Waals surface area contributed by atoms with Gasteiger partial charge in [-0.25, -0.2) is 0 Å². The van der Waals surface area contributed by atoms with Crippen molar-refractivity contribution in [2.45, 2.75) is 58.9 Å². The van der Waals surface area contributed by atoms with Crippen LogP contribution in [0.2, 0.25) is 0 Å². The Balaban J connectivity index is 2.37. The molecule has 0 heterocycles. The monoisotopic (exact) mass is 234 g/mol. The first-order valence-corrected chi connectivity index (χ1v) is 7.29. The molecule has 0 aromatic heterocycles. The normalized spacial score (nSPS) is 42.2. The summed E-state index contributed by atoms with van der Waals surface area (Å²) in [5.41, 5.74) is 1.85. The van der Waals surface area contributed by atoms with Gasteiger partial charge in [-0.2, -0.15) is 7.05 Å². The van der Waals surface area contributed by atoms with Crippen LogP contribution in [-0.4, -0.2) is 12.6 Å². The van der Waals surface area contributed by atoms with Crippen molar-refractivity contribution >= 4 is 0 Å². The largest absolute Gasteiger partial charge is 0.659 e.